The average Bonchev–Trinajstić information content (AvgIpc) is 2.52. The largest absolute Gasteiger partial charge is 0.467 e. The molecule has 2 amide bonds. The summed E-state index contributed by atoms with van der Waals surface area (Å²) in [6, 6.07) is 6.56. The number of nitrogens with one attached hydrogen (secondary N) is 2. The molecule has 1 atom stereocenters. The molecule has 6 nitrogen and oxygen atoms in total. The number of rotatable bonds is 8. The maximum absolute atomic E-state index is 12.0. The summed E-state index contributed by atoms with van der Waals surface area (Å²) in [6.07, 6.45) is 0.608. The van der Waals surface area contributed by atoms with Gasteiger partial charge in [-0.2, -0.15) is 0 Å². The lowest BCUT2D eigenvalue weighted by Gasteiger charge is -2.18. The van der Waals surface area contributed by atoms with Gasteiger partial charge in [0, 0.05) is 18.5 Å². The highest BCUT2D eigenvalue weighted by Crippen LogP contribution is 2.07. The van der Waals surface area contributed by atoms with Crippen LogP contribution in [0.4, 0.5) is 0 Å². The molecule has 1 rings (SSSR count). The van der Waals surface area contributed by atoms with Crippen LogP contribution in [0.2, 0.25) is 0 Å². The highest BCUT2D eigenvalue weighted by molar-refractivity contribution is 5.94. The van der Waals surface area contributed by atoms with Crippen molar-refractivity contribution in [3.63, 3.8) is 0 Å². The molecule has 0 aliphatic heterocycles. The van der Waals surface area contributed by atoms with Gasteiger partial charge in [0.15, 0.2) is 0 Å². The molecular formula is C18H26N2O4. The zero-order valence-corrected chi connectivity index (χ0v) is 14.7. The van der Waals surface area contributed by atoms with E-state index in [9.17, 15) is 14.4 Å². The van der Waals surface area contributed by atoms with Gasteiger partial charge in [-0.3, -0.25) is 9.59 Å². The molecule has 0 radical (unpaired) electrons. The molecule has 0 unspecified atom stereocenters. The van der Waals surface area contributed by atoms with Crippen LogP contribution in [-0.4, -0.2) is 37.5 Å². The number of amides is 2. The molecule has 0 saturated heterocycles. The van der Waals surface area contributed by atoms with Gasteiger partial charge in [-0.15, -0.1) is 0 Å². The molecular weight excluding hydrogens is 308 g/mol. The Bertz CT molecular complexity index is 584. The standard InChI is InChI=1S/C18H26N2O4/c1-12(2)10-15(18(23)24-4)20-16(21)8-9-19-17(22)14-7-5-6-13(3)11-14/h5-7,11-12,15H,8-10H2,1-4H3,(H,19,22)(H,20,21)/t15-/m1/s1. The second kappa shape index (κ2) is 9.70. The minimum absolute atomic E-state index is 0.100. The Kier molecular flexibility index (Phi) is 7.95. The highest BCUT2D eigenvalue weighted by Gasteiger charge is 2.22. The zero-order valence-electron chi connectivity index (χ0n) is 14.7. The number of carbonyl (C=O) groups is 3. The van der Waals surface area contributed by atoms with Gasteiger partial charge in [-0.25, -0.2) is 4.79 Å². The molecule has 6 heteroatoms. The van der Waals surface area contributed by atoms with Crippen molar-refractivity contribution in [2.24, 2.45) is 5.92 Å². The van der Waals surface area contributed by atoms with Gasteiger partial charge in [-0.05, 0) is 31.4 Å². The number of hydrogen-bond acceptors (Lipinski definition) is 4. The predicted molar refractivity (Wildman–Crippen MR) is 91.5 cm³/mol. The lowest BCUT2D eigenvalue weighted by atomic mass is 10.0. The van der Waals surface area contributed by atoms with Crippen LogP contribution in [0.1, 0.15) is 42.6 Å². The van der Waals surface area contributed by atoms with E-state index in [2.05, 4.69) is 10.6 Å². The Hall–Kier alpha value is -2.37. The van der Waals surface area contributed by atoms with Crippen LogP contribution < -0.4 is 10.6 Å². The van der Waals surface area contributed by atoms with E-state index >= 15 is 0 Å². The minimum Gasteiger partial charge on any atom is -0.467 e. The lowest BCUT2D eigenvalue weighted by molar-refractivity contribution is -0.145. The summed E-state index contributed by atoms with van der Waals surface area (Å²) in [5.41, 5.74) is 1.55. The Labute approximate surface area is 143 Å². The monoisotopic (exact) mass is 334 g/mol. The van der Waals surface area contributed by atoms with Gasteiger partial charge in [0.25, 0.3) is 5.91 Å². The quantitative estimate of drug-likeness (QED) is 0.710. The second-order valence-corrected chi connectivity index (χ2v) is 6.15. The lowest BCUT2D eigenvalue weighted by Crippen LogP contribution is -2.43. The molecule has 0 saturated carbocycles. The third-order valence-corrected chi connectivity index (χ3v) is 3.45. The number of methoxy groups -OCH3 is 1. The van der Waals surface area contributed by atoms with E-state index in [1.54, 1.807) is 12.1 Å². The Morgan fingerprint density at radius 2 is 1.92 bits per heavy atom. The second-order valence-electron chi connectivity index (χ2n) is 6.15. The smallest absolute Gasteiger partial charge is 0.328 e. The van der Waals surface area contributed by atoms with E-state index < -0.39 is 12.0 Å². The fourth-order valence-corrected chi connectivity index (χ4v) is 2.27. The van der Waals surface area contributed by atoms with Crippen LogP contribution in [0.3, 0.4) is 0 Å². The molecule has 1 aromatic rings. The fourth-order valence-electron chi connectivity index (χ4n) is 2.27. The van der Waals surface area contributed by atoms with E-state index in [-0.39, 0.29) is 30.7 Å². The summed E-state index contributed by atoms with van der Waals surface area (Å²) >= 11 is 0. The summed E-state index contributed by atoms with van der Waals surface area (Å²) in [7, 11) is 1.30. The third kappa shape index (κ3) is 6.81. The first-order valence-corrected chi connectivity index (χ1v) is 8.05. The summed E-state index contributed by atoms with van der Waals surface area (Å²) in [5, 5.41) is 5.36. The Morgan fingerprint density at radius 3 is 2.50 bits per heavy atom. The molecule has 132 valence electrons. The minimum atomic E-state index is -0.657. The van der Waals surface area contributed by atoms with Crippen molar-refractivity contribution >= 4 is 17.8 Å². The van der Waals surface area contributed by atoms with Gasteiger partial charge in [0.05, 0.1) is 7.11 Å². The van der Waals surface area contributed by atoms with Gasteiger partial charge in [0.2, 0.25) is 5.91 Å². The predicted octanol–water partition coefficient (Wildman–Crippen LogP) is 1.82. The molecule has 1 aromatic carbocycles. The van der Waals surface area contributed by atoms with Crippen molar-refractivity contribution in [1.29, 1.82) is 0 Å². The molecule has 0 heterocycles. The van der Waals surface area contributed by atoms with Gasteiger partial charge < -0.3 is 15.4 Å². The summed E-state index contributed by atoms with van der Waals surface area (Å²) in [6.45, 7) is 6.04. The number of ether oxygens (including phenoxy) is 1. The molecule has 0 aromatic heterocycles. The molecule has 24 heavy (non-hydrogen) atoms. The number of carbonyl (C=O) groups excluding carboxylic acids is 3. The van der Waals surface area contributed by atoms with Crippen molar-refractivity contribution in [2.75, 3.05) is 13.7 Å². The molecule has 0 aliphatic carbocycles. The van der Waals surface area contributed by atoms with E-state index in [0.29, 0.717) is 12.0 Å². The SMILES string of the molecule is COC(=O)[C@@H](CC(C)C)NC(=O)CCNC(=O)c1cccc(C)c1. The van der Waals surface area contributed by atoms with Crippen LogP contribution in [0.5, 0.6) is 0 Å². The zero-order chi connectivity index (χ0) is 18.1. The van der Waals surface area contributed by atoms with Crippen molar-refractivity contribution in [3.05, 3.63) is 35.4 Å². The topological polar surface area (TPSA) is 84.5 Å². The highest BCUT2D eigenvalue weighted by atomic mass is 16.5. The van der Waals surface area contributed by atoms with Crippen LogP contribution in [0.25, 0.3) is 0 Å². The van der Waals surface area contributed by atoms with Crippen molar-refractivity contribution in [1.82, 2.24) is 10.6 Å². The maximum atomic E-state index is 12.0. The molecule has 0 aliphatic rings. The summed E-state index contributed by atoms with van der Waals surface area (Å²) in [4.78, 5) is 35.6. The van der Waals surface area contributed by atoms with Crippen molar-refractivity contribution in [2.45, 2.75) is 39.7 Å². The molecule has 2 N–H and O–H groups in total. The van der Waals surface area contributed by atoms with Crippen LogP contribution in [-0.2, 0) is 14.3 Å². The Morgan fingerprint density at radius 1 is 1.21 bits per heavy atom. The van der Waals surface area contributed by atoms with Crippen LogP contribution in [0.15, 0.2) is 24.3 Å². The first-order chi connectivity index (χ1) is 11.3. The summed E-state index contributed by atoms with van der Waals surface area (Å²) in [5.74, 6) is -0.731. The number of aryl methyl sites for hydroxylation is 1. The molecule has 0 spiro atoms. The number of benzene rings is 1. The van der Waals surface area contributed by atoms with Gasteiger partial charge in [0.1, 0.15) is 6.04 Å². The molecule has 0 fully saturated rings. The molecule has 0 bridgehead atoms. The Balaban J connectivity index is 2.44. The van der Waals surface area contributed by atoms with Crippen LogP contribution >= 0.6 is 0 Å². The average molecular weight is 334 g/mol. The van der Waals surface area contributed by atoms with Gasteiger partial charge >= 0.3 is 5.97 Å². The van der Waals surface area contributed by atoms with E-state index in [0.717, 1.165) is 5.56 Å². The third-order valence-electron chi connectivity index (χ3n) is 3.45. The normalized spacial score (nSPS) is 11.7. The fraction of sp³-hybridized carbons (Fsp3) is 0.500. The van der Waals surface area contributed by atoms with E-state index in [4.69, 9.17) is 4.74 Å². The van der Waals surface area contributed by atoms with E-state index in [1.807, 2.05) is 32.9 Å². The summed E-state index contributed by atoms with van der Waals surface area (Å²) < 4.78 is 4.70. The van der Waals surface area contributed by atoms with Crippen molar-refractivity contribution < 1.29 is 19.1 Å². The first-order valence-electron chi connectivity index (χ1n) is 8.05. The van der Waals surface area contributed by atoms with Crippen LogP contribution in [0, 0.1) is 12.8 Å². The van der Waals surface area contributed by atoms with Gasteiger partial charge in [-0.1, -0.05) is 31.5 Å². The first kappa shape index (κ1) is 19.7. The van der Waals surface area contributed by atoms with Crippen molar-refractivity contribution in [3.8, 4) is 0 Å². The maximum Gasteiger partial charge on any atom is 0.328 e. The van der Waals surface area contributed by atoms with E-state index in [1.165, 1.54) is 7.11 Å². The number of esters is 1. The number of hydrogen-bond donors (Lipinski definition) is 2.